The molecule has 0 saturated carbocycles. The van der Waals surface area contributed by atoms with Crippen molar-refractivity contribution in [3.8, 4) is 0 Å². The number of esters is 1. The first-order valence-corrected chi connectivity index (χ1v) is 6.53. The molecular formula is C13H20N4O2. The summed E-state index contributed by atoms with van der Waals surface area (Å²) < 4.78 is 4.65. The first kappa shape index (κ1) is 13.7. The van der Waals surface area contributed by atoms with E-state index in [0.717, 1.165) is 19.6 Å². The number of rotatable bonds is 4. The zero-order chi connectivity index (χ0) is 13.7. The zero-order valence-electron chi connectivity index (χ0n) is 11.4. The van der Waals surface area contributed by atoms with Gasteiger partial charge in [-0.15, -0.1) is 0 Å². The van der Waals surface area contributed by atoms with Crippen molar-refractivity contribution >= 4 is 11.8 Å². The number of piperidine rings is 1. The summed E-state index contributed by atoms with van der Waals surface area (Å²) in [7, 11) is 3.31. The Bertz CT molecular complexity index is 432. The number of methoxy groups -OCH3 is 1. The van der Waals surface area contributed by atoms with Crippen LogP contribution in [0.5, 0.6) is 0 Å². The van der Waals surface area contributed by atoms with E-state index in [0.29, 0.717) is 11.7 Å². The predicted octanol–water partition coefficient (Wildman–Crippen LogP) is 0.699. The van der Waals surface area contributed by atoms with E-state index in [1.807, 2.05) is 11.9 Å². The molecule has 0 spiro atoms. The zero-order valence-corrected chi connectivity index (χ0v) is 11.4. The average molecular weight is 264 g/mol. The maximum Gasteiger partial charge on any atom is 0.358 e. The van der Waals surface area contributed by atoms with Gasteiger partial charge in [0.15, 0.2) is 5.69 Å². The first-order chi connectivity index (χ1) is 9.20. The third-order valence-corrected chi connectivity index (χ3v) is 3.34. The van der Waals surface area contributed by atoms with E-state index in [2.05, 4.69) is 20.0 Å². The van der Waals surface area contributed by atoms with Gasteiger partial charge in [-0.25, -0.2) is 9.78 Å². The van der Waals surface area contributed by atoms with Crippen molar-refractivity contribution in [2.45, 2.75) is 12.8 Å². The summed E-state index contributed by atoms with van der Waals surface area (Å²) in [6, 6.07) is 0. The summed E-state index contributed by atoms with van der Waals surface area (Å²) >= 11 is 0. The highest BCUT2D eigenvalue weighted by molar-refractivity contribution is 5.87. The van der Waals surface area contributed by atoms with Crippen molar-refractivity contribution in [2.24, 2.45) is 5.92 Å². The van der Waals surface area contributed by atoms with Gasteiger partial charge in [0.2, 0.25) is 0 Å². The molecule has 1 aromatic heterocycles. The largest absolute Gasteiger partial charge is 0.464 e. The second-order valence-electron chi connectivity index (χ2n) is 4.85. The minimum atomic E-state index is -0.456. The molecule has 1 saturated heterocycles. The minimum Gasteiger partial charge on any atom is -0.464 e. The van der Waals surface area contributed by atoms with Gasteiger partial charge in [0.1, 0.15) is 5.82 Å². The molecule has 1 N–H and O–H groups in total. The molecular weight excluding hydrogens is 244 g/mol. The number of carbonyl (C=O) groups excluding carboxylic acids is 1. The van der Waals surface area contributed by atoms with Crippen molar-refractivity contribution in [3.05, 3.63) is 18.1 Å². The number of hydrogen-bond donors (Lipinski definition) is 1. The van der Waals surface area contributed by atoms with E-state index >= 15 is 0 Å². The predicted molar refractivity (Wildman–Crippen MR) is 72.2 cm³/mol. The van der Waals surface area contributed by atoms with Crippen LogP contribution in [-0.4, -0.2) is 49.7 Å². The number of carbonyl (C=O) groups is 1. The summed E-state index contributed by atoms with van der Waals surface area (Å²) in [6.07, 6.45) is 5.53. The fourth-order valence-corrected chi connectivity index (χ4v) is 2.30. The Morgan fingerprint density at radius 1 is 1.58 bits per heavy atom. The van der Waals surface area contributed by atoms with Crippen molar-refractivity contribution in [1.29, 1.82) is 0 Å². The molecule has 104 valence electrons. The van der Waals surface area contributed by atoms with Gasteiger partial charge in [0.05, 0.1) is 19.5 Å². The Morgan fingerprint density at radius 2 is 2.42 bits per heavy atom. The van der Waals surface area contributed by atoms with Crippen LogP contribution in [0.3, 0.4) is 0 Å². The summed E-state index contributed by atoms with van der Waals surface area (Å²) in [5.41, 5.74) is 0.244. The van der Waals surface area contributed by atoms with Crippen LogP contribution in [0, 0.1) is 5.92 Å². The molecule has 0 radical (unpaired) electrons. The van der Waals surface area contributed by atoms with Crippen molar-refractivity contribution in [1.82, 2.24) is 15.3 Å². The van der Waals surface area contributed by atoms with Crippen molar-refractivity contribution < 1.29 is 9.53 Å². The second-order valence-corrected chi connectivity index (χ2v) is 4.85. The summed E-state index contributed by atoms with van der Waals surface area (Å²) in [5, 5.41) is 3.39. The molecule has 1 unspecified atom stereocenters. The summed E-state index contributed by atoms with van der Waals surface area (Å²) in [6.45, 7) is 3.05. The Morgan fingerprint density at radius 3 is 3.11 bits per heavy atom. The molecule has 2 rings (SSSR count). The van der Waals surface area contributed by atoms with E-state index in [9.17, 15) is 4.79 Å². The van der Waals surface area contributed by atoms with Gasteiger partial charge in [0, 0.05) is 13.6 Å². The van der Waals surface area contributed by atoms with Gasteiger partial charge < -0.3 is 15.0 Å². The van der Waals surface area contributed by atoms with Gasteiger partial charge in [-0.1, -0.05) is 0 Å². The molecule has 1 atom stereocenters. The molecule has 1 aromatic rings. The van der Waals surface area contributed by atoms with Crippen LogP contribution in [0.2, 0.25) is 0 Å². The smallest absolute Gasteiger partial charge is 0.358 e. The van der Waals surface area contributed by atoms with Crippen LogP contribution in [0.4, 0.5) is 5.82 Å². The average Bonchev–Trinajstić information content (AvgIpc) is 2.47. The highest BCUT2D eigenvalue weighted by Crippen LogP contribution is 2.15. The number of ether oxygens (including phenoxy) is 1. The van der Waals surface area contributed by atoms with Crippen molar-refractivity contribution in [3.63, 3.8) is 0 Å². The van der Waals surface area contributed by atoms with E-state index in [1.165, 1.54) is 26.1 Å². The Labute approximate surface area is 113 Å². The third kappa shape index (κ3) is 3.64. The lowest BCUT2D eigenvalue weighted by Gasteiger charge is -2.28. The Hall–Kier alpha value is -1.69. The number of aromatic nitrogens is 2. The molecule has 1 aliphatic rings. The second kappa shape index (κ2) is 6.47. The van der Waals surface area contributed by atoms with Gasteiger partial charge in [-0.3, -0.25) is 4.98 Å². The Kier molecular flexibility index (Phi) is 4.68. The van der Waals surface area contributed by atoms with Crippen LogP contribution in [0.15, 0.2) is 12.4 Å². The molecule has 1 aliphatic heterocycles. The highest BCUT2D eigenvalue weighted by Gasteiger charge is 2.17. The monoisotopic (exact) mass is 264 g/mol. The quantitative estimate of drug-likeness (QED) is 0.807. The van der Waals surface area contributed by atoms with Gasteiger partial charge >= 0.3 is 5.97 Å². The molecule has 1 fully saturated rings. The first-order valence-electron chi connectivity index (χ1n) is 6.53. The molecule has 19 heavy (non-hydrogen) atoms. The lowest BCUT2D eigenvalue weighted by Crippen LogP contribution is -2.37. The number of anilines is 1. The van der Waals surface area contributed by atoms with E-state index in [4.69, 9.17) is 0 Å². The van der Waals surface area contributed by atoms with Gasteiger partial charge in [-0.05, 0) is 31.8 Å². The molecule has 6 heteroatoms. The molecule has 0 aromatic carbocycles. The van der Waals surface area contributed by atoms with Crippen LogP contribution >= 0.6 is 0 Å². The van der Waals surface area contributed by atoms with Gasteiger partial charge in [-0.2, -0.15) is 0 Å². The highest BCUT2D eigenvalue weighted by atomic mass is 16.5. The minimum absolute atomic E-state index is 0.244. The molecule has 0 bridgehead atoms. The maximum atomic E-state index is 11.4. The standard InChI is InChI=1S/C13H20N4O2/c1-17(9-10-4-3-5-14-6-10)12-8-15-7-11(16-12)13(18)19-2/h7-8,10,14H,3-6,9H2,1-2H3. The third-order valence-electron chi connectivity index (χ3n) is 3.34. The van der Waals surface area contributed by atoms with Crippen LogP contribution in [0.1, 0.15) is 23.3 Å². The summed E-state index contributed by atoms with van der Waals surface area (Å²) in [4.78, 5) is 21.8. The lowest BCUT2D eigenvalue weighted by molar-refractivity contribution is 0.0593. The SMILES string of the molecule is COC(=O)c1cncc(N(C)CC2CCCNC2)n1. The van der Waals surface area contributed by atoms with Crippen LogP contribution in [-0.2, 0) is 4.74 Å². The number of nitrogens with one attached hydrogen (secondary N) is 1. The fraction of sp³-hybridized carbons (Fsp3) is 0.615. The number of nitrogens with zero attached hydrogens (tertiary/aromatic N) is 3. The molecule has 0 amide bonds. The Balaban J connectivity index is 2.01. The maximum absolute atomic E-state index is 11.4. The number of hydrogen-bond acceptors (Lipinski definition) is 6. The normalized spacial score (nSPS) is 18.9. The molecule has 0 aliphatic carbocycles. The van der Waals surface area contributed by atoms with Crippen LogP contribution < -0.4 is 10.2 Å². The lowest BCUT2D eigenvalue weighted by atomic mass is 9.99. The van der Waals surface area contributed by atoms with Gasteiger partial charge in [0.25, 0.3) is 0 Å². The van der Waals surface area contributed by atoms with Crippen LogP contribution in [0.25, 0.3) is 0 Å². The molecule has 6 nitrogen and oxygen atoms in total. The van der Waals surface area contributed by atoms with E-state index in [-0.39, 0.29) is 5.69 Å². The van der Waals surface area contributed by atoms with E-state index in [1.54, 1.807) is 6.20 Å². The molecule has 2 heterocycles. The topological polar surface area (TPSA) is 67.3 Å². The summed E-state index contributed by atoms with van der Waals surface area (Å²) in [5.74, 6) is 0.859. The van der Waals surface area contributed by atoms with E-state index < -0.39 is 5.97 Å². The fourth-order valence-electron chi connectivity index (χ4n) is 2.30. The van der Waals surface area contributed by atoms with Crippen molar-refractivity contribution in [2.75, 3.05) is 38.7 Å².